The molecule has 0 spiro atoms. The first-order valence-electron chi connectivity index (χ1n) is 10.5. The maximum absolute atomic E-state index is 10.3. The van der Waals surface area contributed by atoms with Gasteiger partial charge in [0.05, 0.1) is 29.2 Å². The Morgan fingerprint density at radius 3 is 2.65 bits per heavy atom. The van der Waals surface area contributed by atoms with E-state index in [4.69, 9.17) is 4.98 Å². The van der Waals surface area contributed by atoms with Crippen LogP contribution in [-0.2, 0) is 0 Å². The number of aromatic nitrogens is 7. The number of aliphatic hydroxyl groups is 1. The third-order valence-electron chi connectivity index (χ3n) is 5.32. The van der Waals surface area contributed by atoms with Crippen molar-refractivity contribution in [3.8, 4) is 23.1 Å². The Balaban J connectivity index is 1.55. The summed E-state index contributed by atoms with van der Waals surface area (Å²) in [6, 6.07) is 15.3. The van der Waals surface area contributed by atoms with Gasteiger partial charge in [0, 0.05) is 27.9 Å². The lowest BCUT2D eigenvalue weighted by Crippen LogP contribution is -2.09. The van der Waals surface area contributed by atoms with E-state index >= 15 is 0 Å². The van der Waals surface area contributed by atoms with E-state index in [0.717, 1.165) is 32.4 Å². The summed E-state index contributed by atoms with van der Waals surface area (Å²) >= 11 is 1.51. The number of pyridine rings is 2. The summed E-state index contributed by atoms with van der Waals surface area (Å²) in [4.78, 5) is 5.80. The minimum absolute atomic E-state index is 0.292. The van der Waals surface area contributed by atoms with E-state index in [1.54, 1.807) is 28.4 Å². The fourth-order valence-electron chi connectivity index (χ4n) is 3.63. The molecule has 0 amide bonds. The zero-order valence-electron chi connectivity index (χ0n) is 18.7. The van der Waals surface area contributed by atoms with Crippen LogP contribution in [0.2, 0.25) is 0 Å². The van der Waals surface area contributed by atoms with Gasteiger partial charge in [0.25, 0.3) is 0 Å². The van der Waals surface area contributed by atoms with Gasteiger partial charge in [-0.2, -0.15) is 20.6 Å². The first kappa shape index (κ1) is 21.8. The minimum atomic E-state index is -0.751. The average Bonchev–Trinajstić information content (AvgIpc) is 3.43. The lowest BCUT2D eigenvalue weighted by atomic mass is 10.1. The van der Waals surface area contributed by atoms with Crippen LogP contribution in [0.5, 0.6) is 0 Å². The molecule has 5 aromatic rings. The predicted molar refractivity (Wildman–Crippen MR) is 127 cm³/mol. The standard InChI is InChI=1S/C24H20N8OS/c1-14-4-9-23(29-28-14)34-18-5-8-22-20(12-26-31(22)13-18)21-7-6-19(16(3)33)24(27-21)32-15(2)10-17(11-25)30-32/h4-10,12-13,16,33H,1-3H3. The monoisotopic (exact) mass is 468 g/mol. The van der Waals surface area contributed by atoms with Gasteiger partial charge in [-0.25, -0.2) is 14.2 Å². The van der Waals surface area contributed by atoms with Gasteiger partial charge in [-0.3, -0.25) is 0 Å². The fraction of sp³-hybridized carbons (Fsp3) is 0.167. The molecule has 0 saturated heterocycles. The van der Waals surface area contributed by atoms with Crippen LogP contribution >= 0.6 is 11.8 Å². The molecular weight excluding hydrogens is 448 g/mol. The van der Waals surface area contributed by atoms with Gasteiger partial charge in [0.1, 0.15) is 11.1 Å². The Labute approximate surface area is 199 Å². The Morgan fingerprint density at radius 1 is 1.09 bits per heavy atom. The molecule has 1 unspecified atom stereocenters. The van der Waals surface area contributed by atoms with Crippen LogP contribution in [0.25, 0.3) is 22.6 Å². The summed E-state index contributed by atoms with van der Waals surface area (Å²) < 4.78 is 3.39. The number of nitriles is 1. The van der Waals surface area contributed by atoms with Crippen molar-refractivity contribution in [2.24, 2.45) is 0 Å². The Kier molecular flexibility index (Phi) is 5.57. The number of aryl methyl sites for hydroxylation is 2. The highest BCUT2D eigenvalue weighted by Crippen LogP contribution is 2.31. The van der Waals surface area contributed by atoms with Gasteiger partial charge in [-0.05, 0) is 57.2 Å². The molecular formula is C24H20N8OS. The van der Waals surface area contributed by atoms with Gasteiger partial charge in [-0.1, -0.05) is 17.8 Å². The molecule has 5 rings (SSSR count). The molecule has 0 aliphatic heterocycles. The predicted octanol–water partition coefficient (Wildman–Crippen LogP) is 4.07. The van der Waals surface area contributed by atoms with Crippen LogP contribution in [0.3, 0.4) is 0 Å². The van der Waals surface area contributed by atoms with Crippen molar-refractivity contribution >= 4 is 17.3 Å². The van der Waals surface area contributed by atoms with Crippen LogP contribution in [0.4, 0.5) is 0 Å². The number of hydrogen-bond acceptors (Lipinski definition) is 8. The second kappa shape index (κ2) is 8.70. The molecule has 0 aliphatic rings. The number of aliphatic hydroxyl groups excluding tert-OH is 1. The van der Waals surface area contributed by atoms with Crippen molar-refractivity contribution < 1.29 is 5.11 Å². The molecule has 0 fully saturated rings. The lowest BCUT2D eigenvalue weighted by Gasteiger charge is -2.14. The van der Waals surface area contributed by atoms with Crippen molar-refractivity contribution in [1.82, 2.24) is 34.6 Å². The molecule has 0 aromatic carbocycles. The third-order valence-corrected chi connectivity index (χ3v) is 6.22. The zero-order chi connectivity index (χ0) is 23.8. The van der Waals surface area contributed by atoms with Crippen LogP contribution < -0.4 is 0 Å². The summed E-state index contributed by atoms with van der Waals surface area (Å²) in [5.74, 6) is 0.482. The van der Waals surface area contributed by atoms with Crippen molar-refractivity contribution in [3.05, 3.63) is 77.5 Å². The van der Waals surface area contributed by atoms with Gasteiger partial charge in [0.15, 0.2) is 11.5 Å². The SMILES string of the molecule is Cc1ccc(Sc2ccc3c(-c4ccc(C(C)O)c(-n5nc(C#N)cc5C)n4)cnn3c2)nn1. The van der Waals surface area contributed by atoms with E-state index in [1.807, 2.05) is 56.4 Å². The van der Waals surface area contributed by atoms with Crippen LogP contribution in [0.1, 0.15) is 35.7 Å². The number of hydrogen-bond donors (Lipinski definition) is 1. The van der Waals surface area contributed by atoms with Crippen molar-refractivity contribution in [2.45, 2.75) is 36.8 Å². The minimum Gasteiger partial charge on any atom is -0.389 e. The van der Waals surface area contributed by atoms with Crippen molar-refractivity contribution in [2.75, 3.05) is 0 Å². The second-order valence-corrected chi connectivity index (χ2v) is 8.94. The topological polar surface area (TPSA) is 118 Å². The summed E-state index contributed by atoms with van der Waals surface area (Å²) in [6.45, 7) is 5.43. The highest BCUT2D eigenvalue weighted by molar-refractivity contribution is 7.99. The van der Waals surface area contributed by atoms with Crippen LogP contribution in [-0.4, -0.2) is 39.7 Å². The number of rotatable bonds is 5. The largest absolute Gasteiger partial charge is 0.389 e. The van der Waals surface area contributed by atoms with E-state index in [9.17, 15) is 10.4 Å². The molecule has 0 aliphatic carbocycles. The average molecular weight is 469 g/mol. The van der Waals surface area contributed by atoms with E-state index < -0.39 is 6.10 Å². The highest BCUT2D eigenvalue weighted by Gasteiger charge is 2.18. The quantitative estimate of drug-likeness (QED) is 0.410. The number of fused-ring (bicyclic) bond motifs is 1. The van der Waals surface area contributed by atoms with Gasteiger partial charge < -0.3 is 5.11 Å². The fourth-order valence-corrected chi connectivity index (χ4v) is 4.38. The smallest absolute Gasteiger partial charge is 0.163 e. The molecule has 5 heterocycles. The molecule has 10 heteroatoms. The lowest BCUT2D eigenvalue weighted by molar-refractivity contribution is 0.198. The molecule has 168 valence electrons. The van der Waals surface area contributed by atoms with Crippen molar-refractivity contribution in [1.29, 1.82) is 5.26 Å². The molecule has 0 saturated carbocycles. The maximum atomic E-state index is 10.3. The number of nitrogens with zero attached hydrogens (tertiary/aromatic N) is 8. The summed E-state index contributed by atoms with van der Waals surface area (Å²) in [5, 5.41) is 37.5. The molecule has 34 heavy (non-hydrogen) atoms. The second-order valence-electron chi connectivity index (χ2n) is 7.85. The van der Waals surface area contributed by atoms with E-state index in [0.29, 0.717) is 22.8 Å². The van der Waals surface area contributed by atoms with E-state index in [1.165, 1.54) is 11.8 Å². The first-order chi connectivity index (χ1) is 16.4. The van der Waals surface area contributed by atoms with E-state index in [-0.39, 0.29) is 0 Å². The normalized spacial score (nSPS) is 12.1. The highest BCUT2D eigenvalue weighted by atomic mass is 32.2. The Bertz CT molecular complexity index is 1550. The molecule has 1 N–H and O–H groups in total. The Morgan fingerprint density at radius 2 is 1.94 bits per heavy atom. The van der Waals surface area contributed by atoms with Crippen molar-refractivity contribution in [3.63, 3.8) is 0 Å². The molecule has 9 nitrogen and oxygen atoms in total. The molecule has 0 radical (unpaired) electrons. The molecule has 0 bridgehead atoms. The van der Waals surface area contributed by atoms with Crippen LogP contribution in [0.15, 0.2) is 64.8 Å². The van der Waals surface area contributed by atoms with E-state index in [2.05, 4.69) is 26.5 Å². The molecule has 5 aromatic heterocycles. The van der Waals surface area contributed by atoms with Crippen LogP contribution in [0, 0.1) is 25.2 Å². The van der Waals surface area contributed by atoms with Gasteiger partial charge in [-0.15, -0.1) is 5.10 Å². The molecule has 1 atom stereocenters. The summed E-state index contributed by atoms with van der Waals surface area (Å²) in [7, 11) is 0. The Hall–Kier alpha value is -4.07. The maximum Gasteiger partial charge on any atom is 0.163 e. The summed E-state index contributed by atoms with van der Waals surface area (Å²) in [6.07, 6.45) is 2.95. The van der Waals surface area contributed by atoms with Gasteiger partial charge in [0.2, 0.25) is 0 Å². The first-order valence-corrected chi connectivity index (χ1v) is 11.4. The zero-order valence-corrected chi connectivity index (χ0v) is 19.5. The third kappa shape index (κ3) is 4.03. The van der Waals surface area contributed by atoms with Gasteiger partial charge >= 0.3 is 0 Å². The summed E-state index contributed by atoms with van der Waals surface area (Å²) in [5.41, 5.74) is 4.96.